The van der Waals surface area contributed by atoms with Crippen LogP contribution in [0, 0.1) is 0 Å². The predicted molar refractivity (Wildman–Crippen MR) is 84.4 cm³/mol. The van der Waals surface area contributed by atoms with E-state index >= 15 is 0 Å². The molecule has 2 heterocycles. The van der Waals surface area contributed by atoms with Crippen molar-refractivity contribution in [2.45, 2.75) is 19.9 Å². The molecule has 0 aliphatic rings. The molecule has 1 aromatic carbocycles. The molecule has 0 saturated heterocycles. The minimum absolute atomic E-state index is 0.0157. The molecule has 0 aliphatic carbocycles. The molecule has 3 rings (SSSR count). The number of aromatic nitrogens is 5. The Kier molecular flexibility index (Phi) is 5.01. The summed E-state index contributed by atoms with van der Waals surface area (Å²) in [7, 11) is 0. The predicted octanol–water partition coefficient (Wildman–Crippen LogP) is 2.74. The lowest BCUT2D eigenvalue weighted by molar-refractivity contribution is -0.274. The fourth-order valence-electron chi connectivity index (χ4n) is 2.02. The average molecular weight is 379 g/mol. The normalized spacial score (nSPS) is 11.3. The van der Waals surface area contributed by atoms with Gasteiger partial charge < -0.3 is 9.47 Å². The van der Waals surface area contributed by atoms with Crippen molar-refractivity contribution in [2.75, 3.05) is 0 Å². The Hall–Kier alpha value is -3.50. The molecule has 0 radical (unpaired) electrons. The number of hydrogen-bond acceptors (Lipinski definition) is 7. The summed E-state index contributed by atoms with van der Waals surface area (Å²) in [6.45, 7) is 1.38. The molecule has 0 aliphatic heterocycles. The van der Waals surface area contributed by atoms with Gasteiger partial charge in [0.05, 0.1) is 17.4 Å². The van der Waals surface area contributed by atoms with Crippen molar-refractivity contribution in [3.05, 3.63) is 54.1 Å². The highest BCUT2D eigenvalue weighted by Crippen LogP contribution is 2.24. The number of halogens is 3. The summed E-state index contributed by atoms with van der Waals surface area (Å²) in [6, 6.07) is 5.36. The average Bonchev–Trinajstić information content (AvgIpc) is 3.08. The first-order chi connectivity index (χ1) is 12.8. The molecule has 0 amide bonds. The van der Waals surface area contributed by atoms with Crippen molar-refractivity contribution < 1.29 is 27.4 Å². The number of Topliss-reactive ketones (excluding diaryl/α,β-unsaturated/α-hetero) is 1. The van der Waals surface area contributed by atoms with Gasteiger partial charge in [0.2, 0.25) is 0 Å². The summed E-state index contributed by atoms with van der Waals surface area (Å²) in [4.78, 5) is 18.9. The number of benzene rings is 1. The van der Waals surface area contributed by atoms with Crippen molar-refractivity contribution in [1.29, 1.82) is 0 Å². The monoisotopic (exact) mass is 379 g/mol. The molecule has 8 nitrogen and oxygen atoms in total. The van der Waals surface area contributed by atoms with E-state index in [4.69, 9.17) is 4.74 Å². The fraction of sp³-hybridized carbons (Fsp3) is 0.188. The summed E-state index contributed by atoms with van der Waals surface area (Å²) in [5, 5.41) is 7.71. The van der Waals surface area contributed by atoms with Crippen LogP contribution in [0.25, 0.3) is 5.69 Å². The van der Waals surface area contributed by atoms with Gasteiger partial charge in [-0.3, -0.25) is 4.79 Å². The molecule has 27 heavy (non-hydrogen) atoms. The molecule has 0 spiro atoms. The standard InChI is InChI=1S/C16H12F3N5O3/c1-10(25)11-6-20-15(21-7-11)26-9-12-8-24(23-22-12)13-3-2-4-14(5-13)27-16(17,18)19/h2-8H,9H2,1H3. The van der Waals surface area contributed by atoms with Crippen molar-refractivity contribution in [2.24, 2.45) is 0 Å². The van der Waals surface area contributed by atoms with Crippen molar-refractivity contribution >= 4 is 5.78 Å². The van der Waals surface area contributed by atoms with Gasteiger partial charge in [0.1, 0.15) is 18.1 Å². The van der Waals surface area contributed by atoms with Crippen molar-refractivity contribution in [3.8, 4) is 17.4 Å². The molecular weight excluding hydrogens is 367 g/mol. The molecule has 0 unspecified atom stereocenters. The van der Waals surface area contributed by atoms with Gasteiger partial charge in [-0.15, -0.1) is 18.3 Å². The third-order valence-electron chi connectivity index (χ3n) is 3.24. The van der Waals surface area contributed by atoms with Crippen LogP contribution in [-0.2, 0) is 6.61 Å². The van der Waals surface area contributed by atoms with Gasteiger partial charge in [0.25, 0.3) is 0 Å². The van der Waals surface area contributed by atoms with Gasteiger partial charge in [-0.1, -0.05) is 11.3 Å². The van der Waals surface area contributed by atoms with E-state index in [1.165, 1.54) is 48.4 Å². The van der Waals surface area contributed by atoms with Gasteiger partial charge in [0.15, 0.2) is 5.78 Å². The molecular formula is C16H12F3N5O3. The minimum atomic E-state index is -4.78. The Labute approximate surface area is 150 Å². The highest BCUT2D eigenvalue weighted by atomic mass is 19.4. The van der Waals surface area contributed by atoms with Crippen LogP contribution < -0.4 is 9.47 Å². The van der Waals surface area contributed by atoms with Gasteiger partial charge in [-0.25, -0.2) is 14.6 Å². The summed E-state index contributed by atoms with van der Waals surface area (Å²) >= 11 is 0. The highest BCUT2D eigenvalue weighted by molar-refractivity contribution is 5.93. The first kappa shape index (κ1) is 18.3. The van der Waals surface area contributed by atoms with Crippen LogP contribution in [0.1, 0.15) is 23.0 Å². The number of ether oxygens (including phenoxy) is 2. The molecule has 3 aromatic rings. The van der Waals surface area contributed by atoms with Gasteiger partial charge >= 0.3 is 12.4 Å². The van der Waals surface area contributed by atoms with Crippen molar-refractivity contribution in [1.82, 2.24) is 25.0 Å². The van der Waals surface area contributed by atoms with E-state index in [0.29, 0.717) is 16.9 Å². The second-order valence-corrected chi connectivity index (χ2v) is 5.30. The van der Waals surface area contributed by atoms with Crippen LogP contribution in [-0.4, -0.2) is 37.1 Å². The molecule has 0 atom stereocenters. The summed E-state index contributed by atoms with van der Waals surface area (Å²) < 4.78 is 47.4. The maximum absolute atomic E-state index is 12.3. The Balaban J connectivity index is 1.66. The van der Waals surface area contributed by atoms with Crippen LogP contribution in [0.4, 0.5) is 13.2 Å². The molecule has 140 valence electrons. The van der Waals surface area contributed by atoms with Crippen LogP contribution in [0.2, 0.25) is 0 Å². The molecule has 0 bridgehead atoms. The Bertz CT molecular complexity index is 941. The number of hydrogen-bond donors (Lipinski definition) is 0. The maximum atomic E-state index is 12.3. The zero-order valence-corrected chi connectivity index (χ0v) is 13.8. The lowest BCUT2D eigenvalue weighted by Crippen LogP contribution is -2.17. The molecule has 0 saturated carbocycles. The van der Waals surface area contributed by atoms with Crippen molar-refractivity contribution in [3.63, 3.8) is 0 Å². The highest BCUT2D eigenvalue weighted by Gasteiger charge is 2.31. The van der Waals surface area contributed by atoms with E-state index in [1.807, 2.05) is 0 Å². The van der Waals surface area contributed by atoms with E-state index in [2.05, 4.69) is 25.0 Å². The molecule has 0 fully saturated rings. The number of rotatable bonds is 6. The van der Waals surface area contributed by atoms with Gasteiger partial charge in [-0.05, 0) is 19.1 Å². The van der Waals surface area contributed by atoms with E-state index < -0.39 is 6.36 Å². The zero-order valence-electron chi connectivity index (χ0n) is 13.8. The molecule has 0 N–H and O–H groups in total. The van der Waals surface area contributed by atoms with Crippen LogP contribution >= 0.6 is 0 Å². The molecule has 11 heteroatoms. The van der Waals surface area contributed by atoms with E-state index in [0.717, 1.165) is 0 Å². The number of alkyl halides is 3. The number of ketones is 1. The van der Waals surface area contributed by atoms with E-state index in [-0.39, 0.29) is 24.2 Å². The number of nitrogens with zero attached hydrogens (tertiary/aromatic N) is 5. The smallest absolute Gasteiger partial charge is 0.457 e. The first-order valence-electron chi connectivity index (χ1n) is 7.53. The quantitative estimate of drug-likeness (QED) is 0.608. The summed E-state index contributed by atoms with van der Waals surface area (Å²) in [5.74, 6) is -0.534. The second kappa shape index (κ2) is 7.40. The van der Waals surface area contributed by atoms with E-state index in [1.54, 1.807) is 6.07 Å². The largest absolute Gasteiger partial charge is 0.573 e. The lowest BCUT2D eigenvalue weighted by atomic mass is 10.2. The van der Waals surface area contributed by atoms with Crippen LogP contribution in [0.3, 0.4) is 0 Å². The number of carbonyl (C=O) groups excluding carboxylic acids is 1. The summed E-state index contributed by atoms with van der Waals surface area (Å²) in [5.41, 5.74) is 1.09. The molecule has 2 aromatic heterocycles. The minimum Gasteiger partial charge on any atom is -0.457 e. The Morgan fingerprint density at radius 3 is 2.63 bits per heavy atom. The Morgan fingerprint density at radius 1 is 1.22 bits per heavy atom. The third kappa shape index (κ3) is 5.00. The maximum Gasteiger partial charge on any atom is 0.573 e. The second-order valence-electron chi connectivity index (χ2n) is 5.30. The van der Waals surface area contributed by atoms with Crippen LogP contribution in [0.5, 0.6) is 11.8 Å². The first-order valence-corrected chi connectivity index (χ1v) is 7.53. The number of carbonyl (C=O) groups is 1. The Morgan fingerprint density at radius 2 is 1.96 bits per heavy atom. The zero-order chi connectivity index (χ0) is 19.4. The van der Waals surface area contributed by atoms with Gasteiger partial charge in [0, 0.05) is 18.5 Å². The SMILES string of the molecule is CC(=O)c1cnc(OCc2cn(-c3cccc(OC(F)(F)F)c3)nn2)nc1. The summed E-state index contributed by atoms with van der Waals surface area (Å²) in [6.07, 6.45) is -0.615. The third-order valence-corrected chi connectivity index (χ3v) is 3.24. The lowest BCUT2D eigenvalue weighted by Gasteiger charge is -2.09. The van der Waals surface area contributed by atoms with Crippen LogP contribution in [0.15, 0.2) is 42.9 Å². The van der Waals surface area contributed by atoms with Gasteiger partial charge in [-0.2, -0.15) is 0 Å². The fourth-order valence-corrected chi connectivity index (χ4v) is 2.02. The topological polar surface area (TPSA) is 92.0 Å². The van der Waals surface area contributed by atoms with E-state index in [9.17, 15) is 18.0 Å².